The van der Waals surface area contributed by atoms with Gasteiger partial charge in [-0.15, -0.1) is 0 Å². The molecule has 0 bridgehead atoms. The molecular weight excluding hydrogens is 252 g/mol. The first kappa shape index (κ1) is 17.4. The summed E-state index contributed by atoms with van der Waals surface area (Å²) < 4.78 is 0. The third-order valence-corrected chi connectivity index (χ3v) is 3.31. The number of aliphatic carboxylic acids is 1. The van der Waals surface area contributed by atoms with E-state index in [4.69, 9.17) is 10.3 Å². The van der Waals surface area contributed by atoms with Crippen molar-refractivity contribution >= 4 is 17.6 Å². The van der Waals surface area contributed by atoms with Crippen molar-refractivity contribution in [3.05, 3.63) is 0 Å². The molecule has 0 saturated heterocycles. The van der Waals surface area contributed by atoms with Crippen molar-refractivity contribution in [2.24, 2.45) is 17.0 Å². The van der Waals surface area contributed by atoms with Gasteiger partial charge in [0, 0.05) is 5.92 Å². The van der Waals surface area contributed by atoms with Gasteiger partial charge in [0.25, 0.3) is 5.91 Å². The molecule has 0 heterocycles. The minimum absolute atomic E-state index is 0.151. The average molecular weight is 274 g/mol. The monoisotopic (exact) mass is 274 g/mol. The number of oxime groups is 1. The first-order valence-corrected chi connectivity index (χ1v) is 6.28. The van der Waals surface area contributed by atoms with Crippen LogP contribution in [-0.2, 0) is 9.59 Å². The van der Waals surface area contributed by atoms with Crippen LogP contribution in [0.15, 0.2) is 5.16 Å². The number of rotatable bonds is 7. The molecule has 0 aliphatic rings. The van der Waals surface area contributed by atoms with Gasteiger partial charge in [-0.3, -0.25) is 10.0 Å². The summed E-state index contributed by atoms with van der Waals surface area (Å²) in [6, 6.07) is -1.36. The summed E-state index contributed by atoms with van der Waals surface area (Å²) in [4.78, 5) is 23.1. The highest BCUT2D eigenvalue weighted by Crippen LogP contribution is 2.16. The lowest BCUT2D eigenvalue weighted by molar-refractivity contribution is -0.185. The van der Waals surface area contributed by atoms with Gasteiger partial charge in [-0.2, -0.15) is 0 Å². The smallest absolute Gasteiger partial charge is 0.329 e. The van der Waals surface area contributed by atoms with Crippen molar-refractivity contribution in [1.82, 2.24) is 5.06 Å². The number of hydrogen-bond acceptors (Lipinski definition) is 5. The lowest BCUT2D eigenvalue weighted by atomic mass is 9.97. The zero-order valence-corrected chi connectivity index (χ0v) is 11.7. The van der Waals surface area contributed by atoms with Crippen LogP contribution in [0.2, 0.25) is 0 Å². The zero-order chi connectivity index (χ0) is 15.2. The zero-order valence-electron chi connectivity index (χ0n) is 11.7. The summed E-state index contributed by atoms with van der Waals surface area (Å²) in [5.74, 6) is -3.09. The molecule has 110 valence electrons. The Morgan fingerprint density at radius 1 is 1.21 bits per heavy atom. The van der Waals surface area contributed by atoms with E-state index in [0.29, 0.717) is 12.8 Å². The van der Waals surface area contributed by atoms with E-state index in [-0.39, 0.29) is 16.7 Å². The van der Waals surface area contributed by atoms with E-state index in [2.05, 4.69) is 5.16 Å². The van der Waals surface area contributed by atoms with Crippen molar-refractivity contribution < 1.29 is 25.1 Å². The molecule has 0 aliphatic heterocycles. The molecule has 3 unspecified atom stereocenters. The first-order valence-electron chi connectivity index (χ1n) is 6.28. The number of carboxylic acids is 1. The maximum absolute atomic E-state index is 12.0. The number of hydroxylamine groups is 2. The van der Waals surface area contributed by atoms with E-state index in [0.717, 1.165) is 0 Å². The predicted molar refractivity (Wildman–Crippen MR) is 68.2 cm³/mol. The SMILES string of the molecule is CCC(C)/C(=N/O)C(=O)N(O)C(C(=O)O)C(C)CC. The second-order valence-corrected chi connectivity index (χ2v) is 4.61. The topological polar surface area (TPSA) is 110 Å². The van der Waals surface area contributed by atoms with Gasteiger partial charge >= 0.3 is 5.97 Å². The molecule has 1 amide bonds. The van der Waals surface area contributed by atoms with Crippen LogP contribution in [0.5, 0.6) is 0 Å². The van der Waals surface area contributed by atoms with Crippen molar-refractivity contribution in [1.29, 1.82) is 0 Å². The summed E-state index contributed by atoms with van der Waals surface area (Å²) in [7, 11) is 0. The van der Waals surface area contributed by atoms with E-state index in [1.807, 2.05) is 0 Å². The van der Waals surface area contributed by atoms with Gasteiger partial charge in [-0.25, -0.2) is 9.86 Å². The number of nitrogens with zero attached hydrogens (tertiary/aromatic N) is 2. The number of carbonyl (C=O) groups excluding carboxylic acids is 1. The Balaban J connectivity index is 5.20. The van der Waals surface area contributed by atoms with E-state index in [9.17, 15) is 14.8 Å². The maximum Gasteiger partial charge on any atom is 0.329 e. The highest BCUT2D eigenvalue weighted by atomic mass is 16.5. The molecule has 3 atom stereocenters. The Hall–Kier alpha value is -1.63. The fourth-order valence-corrected chi connectivity index (χ4v) is 1.60. The third-order valence-electron chi connectivity index (χ3n) is 3.31. The van der Waals surface area contributed by atoms with E-state index in [1.165, 1.54) is 0 Å². The van der Waals surface area contributed by atoms with Crippen LogP contribution in [0.25, 0.3) is 0 Å². The summed E-state index contributed by atoms with van der Waals surface area (Å²) in [5, 5.41) is 30.8. The van der Waals surface area contributed by atoms with Gasteiger partial charge in [0.1, 0.15) is 5.71 Å². The molecule has 19 heavy (non-hydrogen) atoms. The minimum atomic E-state index is -1.36. The van der Waals surface area contributed by atoms with Crippen LogP contribution in [-0.4, -0.2) is 44.2 Å². The number of amides is 1. The largest absolute Gasteiger partial charge is 0.480 e. The van der Waals surface area contributed by atoms with Crippen LogP contribution in [0, 0.1) is 11.8 Å². The van der Waals surface area contributed by atoms with Gasteiger partial charge in [0.2, 0.25) is 0 Å². The molecular formula is C12H22N2O5. The lowest BCUT2D eigenvalue weighted by Gasteiger charge is -2.27. The number of carboxylic acid groups (broad SMARTS) is 1. The Morgan fingerprint density at radius 2 is 1.74 bits per heavy atom. The maximum atomic E-state index is 12.0. The number of hydrogen-bond donors (Lipinski definition) is 3. The summed E-state index contributed by atoms with van der Waals surface area (Å²) in [6.45, 7) is 6.82. The molecule has 3 N–H and O–H groups in total. The molecule has 0 rings (SSSR count). The molecule has 0 aliphatic carbocycles. The van der Waals surface area contributed by atoms with E-state index >= 15 is 0 Å². The highest BCUT2D eigenvalue weighted by Gasteiger charge is 2.36. The fourth-order valence-electron chi connectivity index (χ4n) is 1.60. The normalized spacial score (nSPS) is 16.6. The Morgan fingerprint density at radius 3 is 2.05 bits per heavy atom. The molecule has 0 fully saturated rings. The molecule has 0 aromatic rings. The van der Waals surface area contributed by atoms with Gasteiger partial charge in [-0.05, 0) is 12.3 Å². The van der Waals surface area contributed by atoms with Crippen molar-refractivity contribution in [3.8, 4) is 0 Å². The van der Waals surface area contributed by atoms with Crippen LogP contribution >= 0.6 is 0 Å². The van der Waals surface area contributed by atoms with Gasteiger partial charge in [-0.1, -0.05) is 39.3 Å². The second kappa shape index (κ2) is 7.73. The second-order valence-electron chi connectivity index (χ2n) is 4.61. The molecule has 0 radical (unpaired) electrons. The van der Waals surface area contributed by atoms with Crippen molar-refractivity contribution in [3.63, 3.8) is 0 Å². The Kier molecular flexibility index (Phi) is 7.06. The molecule has 0 saturated carbocycles. The minimum Gasteiger partial charge on any atom is -0.480 e. The molecule has 0 aromatic heterocycles. The predicted octanol–water partition coefficient (Wildman–Crippen LogP) is 1.58. The van der Waals surface area contributed by atoms with Crippen molar-refractivity contribution in [2.45, 2.75) is 46.6 Å². The first-order chi connectivity index (χ1) is 8.81. The Labute approximate surface area is 112 Å². The summed E-state index contributed by atoms with van der Waals surface area (Å²) in [6.07, 6.45) is 1.01. The molecule has 0 aromatic carbocycles. The Bertz CT molecular complexity index is 356. The number of carbonyl (C=O) groups is 2. The van der Waals surface area contributed by atoms with Gasteiger partial charge in [0.05, 0.1) is 0 Å². The highest BCUT2D eigenvalue weighted by molar-refractivity contribution is 6.39. The average Bonchev–Trinajstić information content (AvgIpc) is 2.38. The third kappa shape index (κ3) is 4.20. The fraction of sp³-hybridized carbons (Fsp3) is 0.750. The molecule has 7 heteroatoms. The van der Waals surface area contributed by atoms with Crippen LogP contribution < -0.4 is 0 Å². The molecule has 0 spiro atoms. The van der Waals surface area contributed by atoms with Crippen molar-refractivity contribution in [2.75, 3.05) is 0 Å². The van der Waals surface area contributed by atoms with Crippen LogP contribution in [0.4, 0.5) is 0 Å². The van der Waals surface area contributed by atoms with Gasteiger partial charge < -0.3 is 10.3 Å². The summed E-state index contributed by atoms with van der Waals surface area (Å²) in [5.41, 5.74) is -0.250. The molecule has 7 nitrogen and oxygen atoms in total. The quantitative estimate of drug-likeness (QED) is 0.282. The van der Waals surface area contributed by atoms with Gasteiger partial charge in [0.15, 0.2) is 6.04 Å². The lowest BCUT2D eigenvalue weighted by Crippen LogP contribution is -2.50. The van der Waals surface area contributed by atoms with Crippen LogP contribution in [0.3, 0.4) is 0 Å². The standard InChI is InChI=1S/C12H22N2O5/c1-5-7(3)9(13-18)11(15)14(19)10(12(16)17)8(4)6-2/h7-8,10,18-19H,5-6H2,1-4H3,(H,16,17)/b13-9-. The van der Waals surface area contributed by atoms with E-state index in [1.54, 1.807) is 27.7 Å². The van der Waals surface area contributed by atoms with E-state index < -0.39 is 23.8 Å². The summed E-state index contributed by atoms with van der Waals surface area (Å²) >= 11 is 0. The van der Waals surface area contributed by atoms with Crippen LogP contribution in [0.1, 0.15) is 40.5 Å².